The molecular formula is C12H17F3N2O. The Balaban J connectivity index is 2.73. The first-order valence-electron chi connectivity index (χ1n) is 5.79. The number of nitrogens with one attached hydrogen (secondary N) is 1. The fourth-order valence-corrected chi connectivity index (χ4v) is 1.59. The van der Waals surface area contributed by atoms with Gasteiger partial charge >= 0.3 is 6.18 Å². The summed E-state index contributed by atoms with van der Waals surface area (Å²) < 4.78 is 38.6. The Morgan fingerprint density at radius 3 is 2.61 bits per heavy atom. The van der Waals surface area contributed by atoms with E-state index in [4.69, 9.17) is 0 Å². The number of rotatable bonds is 5. The number of aromatic nitrogens is 1. The molecule has 0 saturated heterocycles. The van der Waals surface area contributed by atoms with E-state index >= 15 is 0 Å². The second-order valence-corrected chi connectivity index (χ2v) is 4.28. The molecule has 18 heavy (non-hydrogen) atoms. The summed E-state index contributed by atoms with van der Waals surface area (Å²) in [6, 6.07) is 2.06. The van der Waals surface area contributed by atoms with Gasteiger partial charge in [-0.25, -0.2) is 0 Å². The first kappa shape index (κ1) is 14.8. The fraction of sp³-hybridized carbons (Fsp3) is 0.583. The lowest BCUT2D eigenvalue weighted by Crippen LogP contribution is -2.24. The van der Waals surface area contributed by atoms with Crippen molar-refractivity contribution in [1.29, 1.82) is 0 Å². The third-order valence-corrected chi connectivity index (χ3v) is 2.84. The standard InChI is InChI=1S/C12H17F3N2O/c1-9(16-2)4-3-7-17-8-10(12(13,14)15)5-6-11(17)18/h5-6,8-9,16H,3-4,7H2,1-2H3. The van der Waals surface area contributed by atoms with Crippen molar-refractivity contribution in [3.8, 4) is 0 Å². The van der Waals surface area contributed by atoms with Gasteiger partial charge in [-0.3, -0.25) is 4.79 Å². The molecule has 0 amide bonds. The fourth-order valence-electron chi connectivity index (χ4n) is 1.59. The summed E-state index contributed by atoms with van der Waals surface area (Å²) in [6.07, 6.45) is -2.07. The van der Waals surface area contributed by atoms with E-state index in [1.807, 2.05) is 14.0 Å². The minimum Gasteiger partial charge on any atom is -0.317 e. The number of hydrogen-bond donors (Lipinski definition) is 1. The lowest BCUT2D eigenvalue weighted by molar-refractivity contribution is -0.138. The molecule has 0 radical (unpaired) electrons. The Kier molecular flexibility index (Phi) is 4.95. The Labute approximate surface area is 104 Å². The first-order chi connectivity index (χ1) is 8.34. The summed E-state index contributed by atoms with van der Waals surface area (Å²) in [7, 11) is 1.82. The highest BCUT2D eigenvalue weighted by molar-refractivity contribution is 5.13. The Morgan fingerprint density at radius 2 is 2.06 bits per heavy atom. The predicted molar refractivity (Wildman–Crippen MR) is 63.5 cm³/mol. The van der Waals surface area contributed by atoms with Crippen LogP contribution in [0.2, 0.25) is 0 Å². The van der Waals surface area contributed by atoms with Crippen molar-refractivity contribution >= 4 is 0 Å². The van der Waals surface area contributed by atoms with Crippen LogP contribution in [-0.2, 0) is 12.7 Å². The van der Waals surface area contributed by atoms with E-state index in [2.05, 4.69) is 5.32 Å². The van der Waals surface area contributed by atoms with Crippen LogP contribution in [0.1, 0.15) is 25.3 Å². The van der Waals surface area contributed by atoms with Crippen molar-refractivity contribution in [2.24, 2.45) is 0 Å². The number of halogens is 3. The molecule has 1 aromatic rings. The van der Waals surface area contributed by atoms with E-state index in [9.17, 15) is 18.0 Å². The summed E-state index contributed by atoms with van der Waals surface area (Å²) in [5.74, 6) is 0. The van der Waals surface area contributed by atoms with Gasteiger partial charge in [0.05, 0.1) is 5.56 Å². The summed E-state index contributed by atoms with van der Waals surface area (Å²) in [6.45, 7) is 2.28. The smallest absolute Gasteiger partial charge is 0.317 e. The van der Waals surface area contributed by atoms with Crippen molar-refractivity contribution in [3.05, 3.63) is 34.2 Å². The highest BCUT2D eigenvalue weighted by Crippen LogP contribution is 2.28. The molecule has 1 atom stereocenters. The molecule has 0 spiro atoms. The molecule has 102 valence electrons. The molecule has 1 unspecified atom stereocenters. The minimum atomic E-state index is -4.41. The highest BCUT2D eigenvalue weighted by Gasteiger charge is 2.30. The van der Waals surface area contributed by atoms with Crippen LogP contribution in [0.25, 0.3) is 0 Å². The van der Waals surface area contributed by atoms with Gasteiger partial charge in [0.15, 0.2) is 0 Å². The molecule has 1 aromatic heterocycles. The zero-order chi connectivity index (χ0) is 13.8. The van der Waals surface area contributed by atoms with Crippen LogP contribution in [0, 0.1) is 0 Å². The molecular weight excluding hydrogens is 245 g/mol. The number of alkyl halides is 3. The quantitative estimate of drug-likeness (QED) is 0.883. The maximum atomic E-state index is 12.5. The van der Waals surface area contributed by atoms with Gasteiger partial charge in [-0.15, -0.1) is 0 Å². The summed E-state index contributed by atoms with van der Waals surface area (Å²) in [4.78, 5) is 11.4. The van der Waals surface area contributed by atoms with Gasteiger partial charge < -0.3 is 9.88 Å². The topological polar surface area (TPSA) is 34.0 Å². The van der Waals surface area contributed by atoms with Crippen LogP contribution >= 0.6 is 0 Å². The van der Waals surface area contributed by atoms with Gasteiger partial charge in [0.2, 0.25) is 0 Å². The molecule has 1 N–H and O–H groups in total. The normalized spacial score (nSPS) is 13.6. The molecule has 0 aliphatic heterocycles. The van der Waals surface area contributed by atoms with Crippen LogP contribution < -0.4 is 10.9 Å². The zero-order valence-electron chi connectivity index (χ0n) is 10.4. The lowest BCUT2D eigenvalue weighted by atomic mass is 10.2. The highest BCUT2D eigenvalue weighted by atomic mass is 19.4. The minimum absolute atomic E-state index is 0.284. The van der Waals surface area contributed by atoms with Crippen molar-refractivity contribution < 1.29 is 13.2 Å². The molecule has 0 aliphatic rings. The van der Waals surface area contributed by atoms with Gasteiger partial charge in [-0.1, -0.05) is 0 Å². The summed E-state index contributed by atoms with van der Waals surface area (Å²) >= 11 is 0. The van der Waals surface area contributed by atoms with Gasteiger partial charge in [0, 0.05) is 24.8 Å². The Hall–Kier alpha value is -1.30. The third-order valence-electron chi connectivity index (χ3n) is 2.84. The van der Waals surface area contributed by atoms with E-state index in [0.717, 1.165) is 29.3 Å². The van der Waals surface area contributed by atoms with Gasteiger partial charge in [0.1, 0.15) is 0 Å². The average molecular weight is 262 g/mol. The van der Waals surface area contributed by atoms with E-state index in [0.29, 0.717) is 13.0 Å². The van der Waals surface area contributed by atoms with E-state index in [1.165, 1.54) is 0 Å². The predicted octanol–water partition coefficient (Wildman–Crippen LogP) is 2.26. The van der Waals surface area contributed by atoms with E-state index in [-0.39, 0.29) is 6.04 Å². The molecule has 1 heterocycles. The van der Waals surface area contributed by atoms with Gasteiger partial charge in [-0.2, -0.15) is 13.2 Å². The number of pyridine rings is 1. The second-order valence-electron chi connectivity index (χ2n) is 4.28. The molecule has 0 bridgehead atoms. The van der Waals surface area contributed by atoms with Crippen LogP contribution in [0.4, 0.5) is 13.2 Å². The molecule has 0 saturated carbocycles. The SMILES string of the molecule is CNC(C)CCCn1cc(C(F)(F)F)ccc1=O. The molecule has 0 aromatic carbocycles. The van der Waals surface area contributed by atoms with Crippen molar-refractivity contribution in [2.45, 2.75) is 38.5 Å². The molecule has 1 rings (SSSR count). The average Bonchev–Trinajstić information content (AvgIpc) is 2.29. The van der Waals surface area contributed by atoms with Crippen molar-refractivity contribution in [3.63, 3.8) is 0 Å². The Morgan fingerprint density at radius 1 is 1.39 bits per heavy atom. The van der Waals surface area contributed by atoms with Crippen LogP contribution in [-0.4, -0.2) is 17.7 Å². The summed E-state index contributed by atoms with van der Waals surface area (Å²) in [5.41, 5.74) is -1.19. The van der Waals surface area contributed by atoms with Crippen LogP contribution in [0.3, 0.4) is 0 Å². The number of hydrogen-bond acceptors (Lipinski definition) is 2. The number of aryl methyl sites for hydroxylation is 1. The monoisotopic (exact) mass is 262 g/mol. The van der Waals surface area contributed by atoms with Crippen LogP contribution in [0.15, 0.2) is 23.1 Å². The molecule has 3 nitrogen and oxygen atoms in total. The van der Waals surface area contributed by atoms with Crippen LogP contribution in [0.5, 0.6) is 0 Å². The number of nitrogens with zero attached hydrogens (tertiary/aromatic N) is 1. The molecule has 6 heteroatoms. The second kappa shape index (κ2) is 6.04. The summed E-state index contributed by atoms with van der Waals surface area (Å²) in [5, 5.41) is 3.03. The first-order valence-corrected chi connectivity index (χ1v) is 5.79. The largest absolute Gasteiger partial charge is 0.417 e. The maximum absolute atomic E-state index is 12.5. The van der Waals surface area contributed by atoms with E-state index < -0.39 is 17.3 Å². The zero-order valence-corrected chi connectivity index (χ0v) is 10.4. The van der Waals surface area contributed by atoms with E-state index in [1.54, 1.807) is 0 Å². The van der Waals surface area contributed by atoms with Gasteiger partial charge in [0.25, 0.3) is 5.56 Å². The Bertz CT molecular complexity index is 440. The molecule has 0 fully saturated rings. The maximum Gasteiger partial charge on any atom is 0.417 e. The van der Waals surface area contributed by atoms with Crippen molar-refractivity contribution in [1.82, 2.24) is 9.88 Å². The lowest BCUT2D eigenvalue weighted by Gasteiger charge is -2.12. The van der Waals surface area contributed by atoms with Crippen molar-refractivity contribution in [2.75, 3.05) is 7.05 Å². The molecule has 0 aliphatic carbocycles. The van der Waals surface area contributed by atoms with Gasteiger partial charge in [-0.05, 0) is 32.9 Å². The third kappa shape index (κ3) is 4.18.